The molecule has 8 heteroatoms. The van der Waals surface area contributed by atoms with Crippen molar-refractivity contribution in [2.75, 3.05) is 0 Å². The van der Waals surface area contributed by atoms with Gasteiger partial charge in [0.25, 0.3) is 5.56 Å². The number of nitrogens with zero attached hydrogens (tertiary/aromatic N) is 3. The maximum absolute atomic E-state index is 12.5. The Morgan fingerprint density at radius 3 is 2.62 bits per heavy atom. The lowest BCUT2D eigenvalue weighted by atomic mass is 10.0. The van der Waals surface area contributed by atoms with Crippen molar-refractivity contribution in [2.24, 2.45) is 0 Å². The quantitative estimate of drug-likeness (QED) is 0.707. The van der Waals surface area contributed by atoms with Gasteiger partial charge in [0, 0.05) is 11.9 Å². The minimum Gasteiger partial charge on any atom is -0.273 e. The number of fused-ring (bicyclic) bond motifs is 1. The Balaban J connectivity index is 2.48. The van der Waals surface area contributed by atoms with Crippen LogP contribution in [0.3, 0.4) is 0 Å². The molecule has 6 nitrogen and oxygen atoms in total. The van der Waals surface area contributed by atoms with Crippen LogP contribution in [-0.4, -0.2) is 19.5 Å². The molecule has 0 saturated heterocycles. The van der Waals surface area contributed by atoms with Gasteiger partial charge in [0.2, 0.25) is 0 Å². The van der Waals surface area contributed by atoms with Crippen molar-refractivity contribution in [3.05, 3.63) is 60.6 Å². The molecule has 0 aromatic carbocycles. The molecule has 0 aliphatic carbocycles. The summed E-state index contributed by atoms with van der Waals surface area (Å²) >= 11 is 11.9. The summed E-state index contributed by atoms with van der Waals surface area (Å²) in [7, 11) is 0. The van der Waals surface area contributed by atoms with Gasteiger partial charge in [0.1, 0.15) is 5.15 Å². The molecular formula is C16H14Cl2N4O2. The van der Waals surface area contributed by atoms with E-state index in [-0.39, 0.29) is 27.1 Å². The molecule has 3 aromatic heterocycles. The Labute approximate surface area is 147 Å². The predicted molar refractivity (Wildman–Crippen MR) is 94.6 cm³/mol. The van der Waals surface area contributed by atoms with Crippen LogP contribution in [0.1, 0.15) is 31.0 Å². The summed E-state index contributed by atoms with van der Waals surface area (Å²) in [6, 6.07) is 3.10. The minimum atomic E-state index is -0.595. The van der Waals surface area contributed by atoms with E-state index in [0.717, 1.165) is 11.3 Å². The number of hydrogen-bond acceptors (Lipinski definition) is 4. The molecule has 124 valence electrons. The Bertz CT molecular complexity index is 1070. The first-order valence-electron chi connectivity index (χ1n) is 7.28. The number of aromatic amines is 1. The van der Waals surface area contributed by atoms with Crippen LogP contribution in [0.4, 0.5) is 0 Å². The number of halogens is 2. The van der Waals surface area contributed by atoms with Gasteiger partial charge in [-0.1, -0.05) is 37.0 Å². The molecule has 3 aromatic rings. The molecule has 0 spiro atoms. The molecule has 0 saturated carbocycles. The zero-order valence-electron chi connectivity index (χ0n) is 13.2. The van der Waals surface area contributed by atoms with E-state index in [9.17, 15) is 9.59 Å². The molecule has 0 aliphatic heterocycles. The third kappa shape index (κ3) is 2.61. The van der Waals surface area contributed by atoms with Gasteiger partial charge in [-0.3, -0.25) is 14.8 Å². The Hall–Kier alpha value is -2.18. The van der Waals surface area contributed by atoms with E-state index < -0.39 is 11.2 Å². The number of H-pyrrole nitrogens is 1. The summed E-state index contributed by atoms with van der Waals surface area (Å²) in [6.07, 6.45) is 1.62. The van der Waals surface area contributed by atoms with Crippen molar-refractivity contribution in [1.82, 2.24) is 19.5 Å². The summed E-state index contributed by atoms with van der Waals surface area (Å²) < 4.78 is 1.32. The van der Waals surface area contributed by atoms with Gasteiger partial charge in [-0.05, 0) is 30.5 Å². The summed E-state index contributed by atoms with van der Waals surface area (Å²) in [5.41, 5.74) is 1.28. The first-order chi connectivity index (χ1) is 11.3. The molecule has 0 fully saturated rings. The maximum Gasteiger partial charge on any atom is 0.334 e. The Morgan fingerprint density at radius 2 is 1.96 bits per heavy atom. The lowest BCUT2D eigenvalue weighted by Gasteiger charge is -2.15. The first-order valence-corrected chi connectivity index (χ1v) is 8.03. The smallest absolute Gasteiger partial charge is 0.273 e. The first kappa shape index (κ1) is 16.7. The van der Waals surface area contributed by atoms with Crippen LogP contribution < -0.4 is 11.2 Å². The number of aromatic nitrogens is 4. The fraction of sp³-hybridized carbons (Fsp3) is 0.250. The standard InChI is InChI=1S/C16H14Cl2N4O2/c1-7(2)12-8(3)11(4-5-19-12)22-14-9(15(23)21-16(22)24)6-10(17)13(18)20-14/h4-7H,1-3H3,(H,21,23,24). The molecule has 0 aliphatic rings. The molecule has 3 rings (SSSR count). The van der Waals surface area contributed by atoms with Crippen LogP contribution in [-0.2, 0) is 0 Å². The highest BCUT2D eigenvalue weighted by Crippen LogP contribution is 2.26. The second-order valence-electron chi connectivity index (χ2n) is 5.72. The van der Waals surface area contributed by atoms with Crippen molar-refractivity contribution in [2.45, 2.75) is 26.7 Å². The molecule has 0 radical (unpaired) electrons. The summed E-state index contributed by atoms with van der Waals surface area (Å²) in [5.74, 6) is 0.181. The lowest BCUT2D eigenvalue weighted by Crippen LogP contribution is -2.30. The van der Waals surface area contributed by atoms with Crippen molar-refractivity contribution in [3.63, 3.8) is 0 Å². The van der Waals surface area contributed by atoms with Gasteiger partial charge in [0.15, 0.2) is 5.65 Å². The third-order valence-electron chi connectivity index (χ3n) is 3.80. The molecule has 0 amide bonds. The van der Waals surface area contributed by atoms with E-state index in [1.165, 1.54) is 10.6 Å². The predicted octanol–water partition coefficient (Wildman–Crippen LogP) is 3.21. The molecule has 0 bridgehead atoms. The van der Waals surface area contributed by atoms with Crippen LogP contribution in [0.15, 0.2) is 27.9 Å². The maximum atomic E-state index is 12.5. The van der Waals surface area contributed by atoms with Crippen molar-refractivity contribution >= 4 is 34.2 Å². The molecule has 0 unspecified atom stereocenters. The normalized spacial score (nSPS) is 11.4. The van der Waals surface area contributed by atoms with Gasteiger partial charge in [-0.2, -0.15) is 0 Å². The average Bonchev–Trinajstić information content (AvgIpc) is 2.50. The second-order valence-corrected chi connectivity index (χ2v) is 6.49. The largest absolute Gasteiger partial charge is 0.334 e. The van der Waals surface area contributed by atoms with E-state index in [0.29, 0.717) is 5.69 Å². The zero-order valence-corrected chi connectivity index (χ0v) is 14.7. The van der Waals surface area contributed by atoms with Crippen LogP contribution in [0, 0.1) is 6.92 Å². The lowest BCUT2D eigenvalue weighted by molar-refractivity contribution is 0.801. The van der Waals surface area contributed by atoms with Gasteiger partial charge in [0.05, 0.1) is 16.1 Å². The molecule has 3 heterocycles. The number of rotatable bonds is 2. The van der Waals surface area contributed by atoms with Crippen molar-refractivity contribution in [1.29, 1.82) is 0 Å². The highest BCUT2D eigenvalue weighted by Gasteiger charge is 2.17. The highest BCUT2D eigenvalue weighted by molar-refractivity contribution is 6.41. The Kier molecular flexibility index (Phi) is 4.19. The van der Waals surface area contributed by atoms with Gasteiger partial charge in [-0.15, -0.1) is 0 Å². The van der Waals surface area contributed by atoms with Gasteiger partial charge >= 0.3 is 5.69 Å². The fourth-order valence-corrected chi connectivity index (χ4v) is 2.99. The van der Waals surface area contributed by atoms with E-state index in [1.807, 2.05) is 20.8 Å². The SMILES string of the molecule is Cc1c(-n2c(=O)[nH]c(=O)c3cc(Cl)c(Cl)nc32)ccnc1C(C)C. The van der Waals surface area contributed by atoms with E-state index >= 15 is 0 Å². The fourth-order valence-electron chi connectivity index (χ4n) is 2.70. The second kappa shape index (κ2) is 6.03. The van der Waals surface area contributed by atoms with Crippen LogP contribution in [0.5, 0.6) is 0 Å². The number of hydrogen-bond donors (Lipinski definition) is 1. The van der Waals surface area contributed by atoms with Gasteiger partial charge < -0.3 is 0 Å². The number of pyridine rings is 2. The Morgan fingerprint density at radius 1 is 1.25 bits per heavy atom. The minimum absolute atomic E-state index is 0.0266. The highest BCUT2D eigenvalue weighted by atomic mass is 35.5. The summed E-state index contributed by atoms with van der Waals surface area (Å²) in [6.45, 7) is 5.90. The average molecular weight is 365 g/mol. The molecule has 0 atom stereocenters. The van der Waals surface area contributed by atoms with Crippen molar-refractivity contribution in [3.8, 4) is 5.69 Å². The van der Waals surface area contributed by atoms with E-state index in [4.69, 9.17) is 23.2 Å². The summed E-state index contributed by atoms with van der Waals surface area (Å²) in [4.78, 5) is 35.3. The topological polar surface area (TPSA) is 80.6 Å². The van der Waals surface area contributed by atoms with Crippen LogP contribution in [0.2, 0.25) is 10.2 Å². The number of nitrogens with one attached hydrogen (secondary N) is 1. The van der Waals surface area contributed by atoms with Gasteiger partial charge in [-0.25, -0.2) is 14.3 Å². The third-order valence-corrected chi connectivity index (χ3v) is 4.47. The van der Waals surface area contributed by atoms with E-state index in [2.05, 4.69) is 15.0 Å². The van der Waals surface area contributed by atoms with Crippen LogP contribution in [0.25, 0.3) is 16.7 Å². The molecule has 24 heavy (non-hydrogen) atoms. The van der Waals surface area contributed by atoms with Crippen molar-refractivity contribution < 1.29 is 0 Å². The van der Waals surface area contributed by atoms with Crippen LogP contribution >= 0.6 is 23.2 Å². The molecule has 1 N–H and O–H groups in total. The molecular weight excluding hydrogens is 351 g/mol. The zero-order chi connectivity index (χ0) is 17.6. The monoisotopic (exact) mass is 364 g/mol. The van der Waals surface area contributed by atoms with E-state index in [1.54, 1.807) is 12.3 Å². The summed E-state index contributed by atoms with van der Waals surface area (Å²) in [5, 5.41) is 0.360.